The zero-order valence-corrected chi connectivity index (χ0v) is 44.9. The van der Waals surface area contributed by atoms with E-state index in [9.17, 15) is 14.4 Å². The minimum Gasteiger partial charge on any atom is -0.462 e. The van der Waals surface area contributed by atoms with Crippen LogP contribution in [-0.4, -0.2) is 37.2 Å². The van der Waals surface area contributed by atoms with Gasteiger partial charge in [-0.3, -0.25) is 14.4 Å². The number of carbonyl (C=O) groups is 3. The van der Waals surface area contributed by atoms with Crippen LogP contribution >= 0.6 is 0 Å². The zero-order chi connectivity index (χ0) is 49.3. The first kappa shape index (κ1) is 64.8. The molecule has 1 unspecified atom stereocenters. The molecule has 6 heteroatoms. The molecule has 0 fully saturated rings. The van der Waals surface area contributed by atoms with Gasteiger partial charge in [-0.05, 0) is 83.5 Å². The highest BCUT2D eigenvalue weighted by atomic mass is 16.6. The van der Waals surface area contributed by atoms with Crippen molar-refractivity contribution >= 4 is 17.9 Å². The molecule has 0 radical (unpaired) electrons. The van der Waals surface area contributed by atoms with E-state index in [1.165, 1.54) is 148 Å². The lowest BCUT2D eigenvalue weighted by molar-refractivity contribution is -0.167. The molecule has 0 saturated carbocycles. The van der Waals surface area contributed by atoms with Gasteiger partial charge in [-0.15, -0.1) is 0 Å². The summed E-state index contributed by atoms with van der Waals surface area (Å²) < 4.78 is 16.8. The van der Waals surface area contributed by atoms with Gasteiger partial charge in [0.05, 0.1) is 0 Å². The van der Waals surface area contributed by atoms with Crippen molar-refractivity contribution in [1.82, 2.24) is 0 Å². The molecule has 0 aliphatic heterocycles. The number of hydrogen-bond acceptors (Lipinski definition) is 6. The molecule has 0 bridgehead atoms. The van der Waals surface area contributed by atoms with E-state index in [4.69, 9.17) is 14.2 Å². The molecular weight excluding hydrogens is 841 g/mol. The molecular formula is C62H108O6. The van der Waals surface area contributed by atoms with Gasteiger partial charge in [0.1, 0.15) is 13.2 Å². The number of ether oxygens (including phenoxy) is 3. The van der Waals surface area contributed by atoms with Crippen molar-refractivity contribution in [1.29, 1.82) is 0 Å². The van der Waals surface area contributed by atoms with Crippen LogP contribution in [0.3, 0.4) is 0 Å². The van der Waals surface area contributed by atoms with Crippen LogP contribution < -0.4 is 0 Å². The molecule has 1 atom stereocenters. The van der Waals surface area contributed by atoms with Crippen LogP contribution in [0, 0.1) is 0 Å². The van der Waals surface area contributed by atoms with Crippen molar-refractivity contribution < 1.29 is 28.6 Å². The Labute approximate surface area is 421 Å². The van der Waals surface area contributed by atoms with Crippen molar-refractivity contribution in [3.05, 3.63) is 72.9 Å². The molecule has 0 aromatic heterocycles. The second kappa shape index (κ2) is 56.4. The highest BCUT2D eigenvalue weighted by molar-refractivity contribution is 5.71. The molecule has 0 rings (SSSR count). The number of hydrogen-bond donors (Lipinski definition) is 0. The SMILES string of the molecule is CC/C=C\C/C=C\C/C=C\CCCCCCC(=O)OCC(COC(=O)CCCCCCCCCCCCCCCCCCCCC)OC(=O)CCC/C=C\C/C=C\C/C=C\CCCCCCCC. The van der Waals surface area contributed by atoms with Gasteiger partial charge in [0.2, 0.25) is 0 Å². The molecule has 0 aliphatic carbocycles. The molecule has 392 valence electrons. The van der Waals surface area contributed by atoms with Crippen molar-refractivity contribution in [3.8, 4) is 0 Å². The smallest absolute Gasteiger partial charge is 0.306 e. The fourth-order valence-corrected chi connectivity index (χ4v) is 8.12. The Morgan fingerprint density at radius 1 is 0.309 bits per heavy atom. The van der Waals surface area contributed by atoms with E-state index in [1.807, 2.05) is 0 Å². The molecule has 6 nitrogen and oxygen atoms in total. The minimum atomic E-state index is -0.810. The van der Waals surface area contributed by atoms with Crippen LogP contribution in [0.25, 0.3) is 0 Å². The van der Waals surface area contributed by atoms with E-state index in [2.05, 4.69) is 93.7 Å². The number of unbranched alkanes of at least 4 members (excludes halogenated alkanes) is 29. The van der Waals surface area contributed by atoms with E-state index in [-0.39, 0.29) is 37.5 Å². The Kier molecular flexibility index (Phi) is 53.8. The zero-order valence-electron chi connectivity index (χ0n) is 44.9. The van der Waals surface area contributed by atoms with Crippen LogP contribution in [0.5, 0.6) is 0 Å². The molecule has 0 saturated heterocycles. The Balaban J connectivity index is 4.43. The number of rotatable bonds is 52. The third kappa shape index (κ3) is 53.8. The Bertz CT molecular complexity index is 1270. The van der Waals surface area contributed by atoms with Gasteiger partial charge in [0.25, 0.3) is 0 Å². The summed E-state index contributed by atoms with van der Waals surface area (Å²) in [7, 11) is 0. The van der Waals surface area contributed by atoms with Crippen LogP contribution in [0.15, 0.2) is 72.9 Å². The average Bonchev–Trinajstić information content (AvgIpc) is 3.34. The lowest BCUT2D eigenvalue weighted by atomic mass is 10.0. The molecule has 68 heavy (non-hydrogen) atoms. The summed E-state index contributed by atoms with van der Waals surface area (Å²) in [6.45, 7) is 6.48. The molecule has 0 aromatic carbocycles. The predicted molar refractivity (Wildman–Crippen MR) is 293 cm³/mol. The lowest BCUT2D eigenvalue weighted by Gasteiger charge is -2.18. The van der Waals surface area contributed by atoms with Gasteiger partial charge in [0.15, 0.2) is 6.10 Å². The standard InChI is InChI=1S/C62H108O6/c1-4-7-10-13-16-19-22-25-28-30-31-33-34-37-40-43-46-49-52-55-61(64)67-58-59(57-66-60(63)54-51-48-45-42-39-36-27-24-21-18-15-12-9-6-3)68-62(65)56-53-50-47-44-41-38-35-32-29-26-23-20-17-14-11-8-5-2/h9,12,18,21,26-27,29,35-36,38,44,47,59H,4-8,10-11,13-17,19-20,22-25,28,30-34,37,39-43,45-46,48-58H2,1-3H3/b12-9-,21-18-,29-26-,36-27-,38-35-,47-44-. The van der Waals surface area contributed by atoms with Gasteiger partial charge in [-0.25, -0.2) is 0 Å². The third-order valence-corrected chi connectivity index (χ3v) is 12.4. The fraction of sp³-hybridized carbons (Fsp3) is 0.758. The van der Waals surface area contributed by atoms with E-state index in [1.54, 1.807) is 0 Å². The van der Waals surface area contributed by atoms with Crippen LogP contribution in [0.4, 0.5) is 0 Å². The van der Waals surface area contributed by atoms with Crippen LogP contribution in [0.2, 0.25) is 0 Å². The Morgan fingerprint density at radius 2 is 0.588 bits per heavy atom. The second-order valence-electron chi connectivity index (χ2n) is 19.2. The summed E-state index contributed by atoms with van der Waals surface area (Å²) in [5, 5.41) is 0. The molecule has 0 aliphatic rings. The minimum absolute atomic E-state index is 0.101. The van der Waals surface area contributed by atoms with Crippen molar-refractivity contribution in [2.24, 2.45) is 0 Å². The summed E-state index contributed by atoms with van der Waals surface area (Å²) >= 11 is 0. The molecule has 0 heterocycles. The fourth-order valence-electron chi connectivity index (χ4n) is 8.12. The maximum absolute atomic E-state index is 12.8. The summed E-state index contributed by atoms with van der Waals surface area (Å²) in [5.74, 6) is -0.967. The third-order valence-electron chi connectivity index (χ3n) is 12.4. The Hall–Kier alpha value is -3.15. The van der Waals surface area contributed by atoms with Gasteiger partial charge in [0, 0.05) is 19.3 Å². The summed E-state index contributed by atoms with van der Waals surface area (Å²) in [6, 6.07) is 0. The summed E-state index contributed by atoms with van der Waals surface area (Å²) in [5.41, 5.74) is 0. The maximum Gasteiger partial charge on any atom is 0.306 e. The average molecular weight is 950 g/mol. The van der Waals surface area contributed by atoms with E-state index >= 15 is 0 Å². The topological polar surface area (TPSA) is 78.9 Å². The number of allylic oxidation sites excluding steroid dienone is 12. The van der Waals surface area contributed by atoms with Gasteiger partial charge >= 0.3 is 17.9 Å². The highest BCUT2D eigenvalue weighted by Gasteiger charge is 2.19. The molecule has 0 aromatic rings. The number of carbonyl (C=O) groups excluding carboxylic acids is 3. The normalized spacial score (nSPS) is 12.6. The van der Waals surface area contributed by atoms with E-state index in [0.29, 0.717) is 19.3 Å². The van der Waals surface area contributed by atoms with Crippen molar-refractivity contribution in [2.75, 3.05) is 13.2 Å². The molecule has 0 N–H and O–H groups in total. The molecule has 0 amide bonds. The Morgan fingerprint density at radius 3 is 0.941 bits per heavy atom. The second-order valence-corrected chi connectivity index (χ2v) is 19.2. The van der Waals surface area contributed by atoms with Gasteiger partial charge < -0.3 is 14.2 Å². The van der Waals surface area contributed by atoms with Gasteiger partial charge in [-0.2, -0.15) is 0 Å². The van der Waals surface area contributed by atoms with E-state index in [0.717, 1.165) is 89.9 Å². The molecule has 0 spiro atoms. The maximum atomic E-state index is 12.8. The van der Waals surface area contributed by atoms with Gasteiger partial charge in [-0.1, -0.05) is 254 Å². The first-order valence-electron chi connectivity index (χ1n) is 28.9. The first-order chi connectivity index (χ1) is 33.5. The summed E-state index contributed by atoms with van der Waals surface area (Å²) in [6.07, 6.45) is 71.9. The van der Waals surface area contributed by atoms with Crippen molar-refractivity contribution in [3.63, 3.8) is 0 Å². The summed E-state index contributed by atoms with van der Waals surface area (Å²) in [4.78, 5) is 38.1. The highest BCUT2D eigenvalue weighted by Crippen LogP contribution is 2.16. The van der Waals surface area contributed by atoms with Crippen LogP contribution in [0.1, 0.15) is 284 Å². The largest absolute Gasteiger partial charge is 0.462 e. The first-order valence-corrected chi connectivity index (χ1v) is 28.9. The number of esters is 3. The predicted octanol–water partition coefficient (Wildman–Crippen LogP) is 19.4. The quantitative estimate of drug-likeness (QED) is 0.0262. The van der Waals surface area contributed by atoms with E-state index < -0.39 is 6.10 Å². The lowest BCUT2D eigenvalue weighted by Crippen LogP contribution is -2.30. The monoisotopic (exact) mass is 949 g/mol. The van der Waals surface area contributed by atoms with Crippen LogP contribution in [-0.2, 0) is 28.6 Å². The van der Waals surface area contributed by atoms with Crippen molar-refractivity contribution in [2.45, 2.75) is 290 Å².